The molecule has 0 spiro atoms. The van der Waals surface area contributed by atoms with E-state index in [-0.39, 0.29) is 29.1 Å². The van der Waals surface area contributed by atoms with E-state index in [0.29, 0.717) is 11.4 Å². The zero-order chi connectivity index (χ0) is 34.8. The summed E-state index contributed by atoms with van der Waals surface area (Å²) in [5.41, 5.74) is 4.89. The van der Waals surface area contributed by atoms with Crippen molar-refractivity contribution in [2.45, 2.75) is 41.5 Å². The molecule has 0 amide bonds. The Morgan fingerprint density at radius 1 is 0.542 bits per heavy atom. The number of nitrogens with zero attached hydrogens (tertiary/aromatic N) is 1. The first-order valence-electron chi connectivity index (χ1n) is 15.1. The second kappa shape index (κ2) is 12.1. The van der Waals surface area contributed by atoms with Crippen molar-refractivity contribution in [3.8, 4) is 22.4 Å². The highest BCUT2D eigenvalue weighted by atomic mass is 19.2. The number of hydrogen-bond donors (Lipinski definition) is 1. The SMILES string of the molecule is Cc1cc(C)c(C2=N/C(=C(\c3ccc(-c4c(C)cc(C)cc4C)[nH]3)c3c(F)c(F)c(-c4cc(F)c(F)c(F)c4)c(F)c3F)C=C2)c(C)c1. The molecular formula is C39H29F7N2. The maximum Gasteiger partial charge on any atom is 0.194 e. The van der Waals surface area contributed by atoms with Crippen molar-refractivity contribution in [1.29, 1.82) is 0 Å². The van der Waals surface area contributed by atoms with Crippen LogP contribution in [0.2, 0.25) is 0 Å². The van der Waals surface area contributed by atoms with Gasteiger partial charge in [0.1, 0.15) is 0 Å². The number of rotatable bonds is 5. The number of H-pyrrole nitrogens is 1. The molecule has 0 aliphatic carbocycles. The maximum absolute atomic E-state index is 16.2. The van der Waals surface area contributed by atoms with Gasteiger partial charge in [-0.3, -0.25) is 0 Å². The molecule has 1 aromatic heterocycles. The number of nitrogens with one attached hydrogen (secondary N) is 1. The van der Waals surface area contributed by atoms with E-state index in [9.17, 15) is 13.2 Å². The lowest BCUT2D eigenvalue weighted by Gasteiger charge is -2.16. The summed E-state index contributed by atoms with van der Waals surface area (Å²) in [6.07, 6.45) is 3.15. The number of aromatic amines is 1. The lowest BCUT2D eigenvalue weighted by atomic mass is 9.94. The third-order valence-corrected chi connectivity index (χ3v) is 8.52. The summed E-state index contributed by atoms with van der Waals surface area (Å²) in [5.74, 6) is -12.9. The van der Waals surface area contributed by atoms with E-state index < -0.39 is 57.4 Å². The molecule has 1 aliphatic heterocycles. The Bertz CT molecular complexity index is 2170. The molecule has 0 radical (unpaired) electrons. The van der Waals surface area contributed by atoms with Crippen LogP contribution < -0.4 is 0 Å². The van der Waals surface area contributed by atoms with E-state index in [1.54, 1.807) is 12.1 Å². The van der Waals surface area contributed by atoms with E-state index in [1.807, 2.05) is 65.8 Å². The Hall–Kier alpha value is -5.18. The van der Waals surface area contributed by atoms with Gasteiger partial charge >= 0.3 is 0 Å². The van der Waals surface area contributed by atoms with Crippen molar-refractivity contribution in [3.05, 3.63) is 157 Å². The minimum absolute atomic E-state index is 0.0124. The van der Waals surface area contributed by atoms with Crippen LogP contribution in [0, 0.1) is 82.3 Å². The molecular weight excluding hydrogens is 629 g/mol. The summed E-state index contributed by atoms with van der Waals surface area (Å²) in [6, 6.07) is 11.7. The summed E-state index contributed by atoms with van der Waals surface area (Å²) >= 11 is 0. The van der Waals surface area contributed by atoms with Crippen molar-refractivity contribution in [2.75, 3.05) is 0 Å². The van der Waals surface area contributed by atoms with E-state index in [2.05, 4.69) is 4.98 Å². The molecule has 2 nitrogen and oxygen atoms in total. The molecule has 6 rings (SSSR count). The lowest BCUT2D eigenvalue weighted by Crippen LogP contribution is -2.09. The molecule has 0 saturated heterocycles. The van der Waals surface area contributed by atoms with Gasteiger partial charge < -0.3 is 4.98 Å². The quantitative estimate of drug-likeness (QED) is 0.111. The van der Waals surface area contributed by atoms with Crippen molar-refractivity contribution < 1.29 is 30.7 Å². The van der Waals surface area contributed by atoms with Crippen LogP contribution in [0.1, 0.15) is 50.2 Å². The van der Waals surface area contributed by atoms with E-state index in [1.165, 1.54) is 12.1 Å². The number of allylic oxidation sites excluding steroid dienone is 2. The van der Waals surface area contributed by atoms with Crippen LogP contribution in [0.3, 0.4) is 0 Å². The summed E-state index contributed by atoms with van der Waals surface area (Å²) in [5, 5.41) is 0. The summed E-state index contributed by atoms with van der Waals surface area (Å²) in [4.78, 5) is 7.86. The number of halogens is 7. The number of hydrogen-bond acceptors (Lipinski definition) is 1. The largest absolute Gasteiger partial charge is 0.354 e. The van der Waals surface area contributed by atoms with Crippen LogP contribution in [-0.2, 0) is 0 Å². The zero-order valence-corrected chi connectivity index (χ0v) is 26.9. The van der Waals surface area contributed by atoms with Gasteiger partial charge in [0, 0.05) is 28.1 Å². The van der Waals surface area contributed by atoms with Gasteiger partial charge in [-0.1, -0.05) is 35.4 Å². The van der Waals surface area contributed by atoms with E-state index in [4.69, 9.17) is 4.99 Å². The summed E-state index contributed by atoms with van der Waals surface area (Å²) < 4.78 is 106. The third-order valence-electron chi connectivity index (χ3n) is 8.52. The number of aromatic nitrogens is 1. The predicted molar refractivity (Wildman–Crippen MR) is 174 cm³/mol. The van der Waals surface area contributed by atoms with Crippen LogP contribution >= 0.6 is 0 Å². The number of aryl methyl sites for hydroxylation is 6. The standard InChI is InChI=1S/C39H29F7N2/c1-17-11-19(3)30(20(4)12-17)26-7-9-28(47-26)33(29-10-8-27(48-29)31-21(5)13-18(2)14-22(31)6)34-38(45)36(43)32(37(44)39(34)46)23-15-24(40)35(42)25(41)16-23/h7-16,47H,1-6H3/b33-29+. The molecule has 5 aromatic rings. The highest BCUT2D eigenvalue weighted by Gasteiger charge is 2.32. The first-order valence-corrected chi connectivity index (χ1v) is 15.1. The highest BCUT2D eigenvalue weighted by Crippen LogP contribution is 2.41. The van der Waals surface area contributed by atoms with Gasteiger partial charge in [0.15, 0.2) is 40.7 Å². The fourth-order valence-electron chi connectivity index (χ4n) is 6.72. The second-order valence-electron chi connectivity index (χ2n) is 12.2. The Kier molecular flexibility index (Phi) is 8.27. The average Bonchev–Trinajstić information content (AvgIpc) is 3.67. The van der Waals surface area contributed by atoms with Crippen LogP contribution in [0.4, 0.5) is 30.7 Å². The number of aliphatic imine (C=N–C) groups is 1. The minimum Gasteiger partial charge on any atom is -0.354 e. The van der Waals surface area contributed by atoms with Crippen molar-refractivity contribution >= 4 is 11.3 Å². The molecule has 0 saturated carbocycles. The Labute approximate surface area is 273 Å². The summed E-state index contributed by atoms with van der Waals surface area (Å²) in [6.45, 7) is 11.6. The van der Waals surface area contributed by atoms with Gasteiger partial charge in [-0.15, -0.1) is 0 Å². The average molecular weight is 659 g/mol. The predicted octanol–water partition coefficient (Wildman–Crippen LogP) is 11.0. The molecule has 244 valence electrons. The van der Waals surface area contributed by atoms with Gasteiger partial charge in [-0.2, -0.15) is 0 Å². The van der Waals surface area contributed by atoms with E-state index >= 15 is 17.6 Å². The normalized spacial score (nSPS) is 13.8. The van der Waals surface area contributed by atoms with Crippen LogP contribution in [0.15, 0.2) is 71.4 Å². The van der Waals surface area contributed by atoms with Crippen LogP contribution in [0.25, 0.3) is 28.0 Å². The lowest BCUT2D eigenvalue weighted by molar-refractivity contribution is 0.444. The van der Waals surface area contributed by atoms with Crippen molar-refractivity contribution in [2.24, 2.45) is 4.99 Å². The molecule has 0 unspecified atom stereocenters. The van der Waals surface area contributed by atoms with Crippen LogP contribution in [0.5, 0.6) is 0 Å². The van der Waals surface area contributed by atoms with Gasteiger partial charge in [-0.25, -0.2) is 35.7 Å². The Morgan fingerprint density at radius 2 is 1.04 bits per heavy atom. The van der Waals surface area contributed by atoms with Gasteiger partial charge in [0.05, 0.1) is 22.5 Å². The molecule has 0 fully saturated rings. The highest BCUT2D eigenvalue weighted by molar-refractivity contribution is 6.14. The molecule has 9 heteroatoms. The molecule has 4 aromatic carbocycles. The maximum atomic E-state index is 16.2. The van der Waals surface area contributed by atoms with E-state index in [0.717, 1.165) is 44.5 Å². The monoisotopic (exact) mass is 658 g/mol. The third kappa shape index (κ3) is 5.47. The fraction of sp³-hybridized carbons (Fsp3) is 0.154. The smallest absolute Gasteiger partial charge is 0.194 e. The van der Waals surface area contributed by atoms with Crippen LogP contribution in [-0.4, -0.2) is 10.7 Å². The fourth-order valence-corrected chi connectivity index (χ4v) is 6.72. The molecule has 1 aliphatic rings. The second-order valence-corrected chi connectivity index (χ2v) is 12.2. The molecule has 1 N–H and O–H groups in total. The molecule has 0 bridgehead atoms. The van der Waals surface area contributed by atoms with Gasteiger partial charge in [-0.05, 0) is 106 Å². The molecule has 48 heavy (non-hydrogen) atoms. The first-order chi connectivity index (χ1) is 22.7. The summed E-state index contributed by atoms with van der Waals surface area (Å²) in [7, 11) is 0. The zero-order valence-electron chi connectivity index (χ0n) is 26.9. The minimum atomic E-state index is -1.92. The Morgan fingerprint density at radius 3 is 1.56 bits per heavy atom. The number of benzene rings is 4. The molecule has 0 atom stereocenters. The van der Waals surface area contributed by atoms with Gasteiger partial charge in [0.25, 0.3) is 0 Å². The van der Waals surface area contributed by atoms with Gasteiger partial charge in [0.2, 0.25) is 0 Å². The topological polar surface area (TPSA) is 28.1 Å². The molecule has 2 heterocycles. The van der Waals surface area contributed by atoms with Crippen molar-refractivity contribution in [3.63, 3.8) is 0 Å². The Balaban J connectivity index is 1.63. The first kappa shape index (κ1) is 32.7. The van der Waals surface area contributed by atoms with Crippen molar-refractivity contribution in [1.82, 2.24) is 4.98 Å².